The van der Waals surface area contributed by atoms with Crippen LogP contribution in [0.25, 0.3) is 10.9 Å². The maximum absolute atomic E-state index is 11.4. The van der Waals surface area contributed by atoms with E-state index in [2.05, 4.69) is 9.97 Å². The van der Waals surface area contributed by atoms with Gasteiger partial charge in [-0.15, -0.1) is 0 Å². The molecule has 0 saturated heterocycles. The number of aromatic nitrogens is 2. The summed E-state index contributed by atoms with van der Waals surface area (Å²) in [5, 5.41) is -0.654. The molecule has 0 unspecified atom stereocenters. The molecule has 5 nitrogen and oxygen atoms in total. The Kier molecular flexibility index (Phi) is 2.89. The molecule has 0 fully saturated rings. The van der Waals surface area contributed by atoms with Gasteiger partial charge in [-0.2, -0.15) is 0 Å². The van der Waals surface area contributed by atoms with Crippen LogP contribution in [-0.4, -0.2) is 15.0 Å². The van der Waals surface area contributed by atoms with Crippen molar-refractivity contribution in [3.05, 3.63) is 39.0 Å². The highest BCUT2D eigenvalue weighted by Crippen LogP contribution is 2.19. The van der Waals surface area contributed by atoms with Crippen LogP contribution in [-0.2, 0) is 0 Å². The summed E-state index contributed by atoms with van der Waals surface area (Å²) < 4.78 is 5.00. The van der Waals surface area contributed by atoms with E-state index in [4.69, 9.17) is 27.9 Å². The lowest BCUT2D eigenvalue weighted by molar-refractivity contribution is 0.354. The third-order valence-corrected chi connectivity index (χ3v) is 2.11. The molecule has 0 radical (unpaired) electrons. The number of hydrogen-bond acceptors (Lipinski definition) is 3. The van der Waals surface area contributed by atoms with Crippen molar-refractivity contribution in [1.82, 2.24) is 9.97 Å². The van der Waals surface area contributed by atoms with Crippen LogP contribution in [0.5, 0.6) is 5.75 Å². The van der Waals surface area contributed by atoms with Gasteiger partial charge in [0, 0.05) is 6.07 Å². The zero-order valence-corrected chi connectivity index (χ0v) is 9.30. The first-order valence-electron chi connectivity index (χ1n) is 4.27. The summed E-state index contributed by atoms with van der Waals surface area (Å²) in [6.07, 6.45) is 0. The van der Waals surface area contributed by atoms with Crippen LogP contribution in [0.2, 0.25) is 0 Å². The number of H-pyrrole nitrogens is 2. The lowest BCUT2D eigenvalue weighted by Crippen LogP contribution is -2.21. The van der Waals surface area contributed by atoms with Gasteiger partial charge >= 0.3 is 5.69 Å². The molecule has 0 amide bonds. The van der Waals surface area contributed by atoms with Gasteiger partial charge in [0.1, 0.15) is 5.75 Å². The maximum Gasteiger partial charge on any atom is 0.326 e. The average Bonchev–Trinajstić information content (AvgIpc) is 2.15. The molecule has 2 rings (SSSR count). The van der Waals surface area contributed by atoms with Gasteiger partial charge in [0.05, 0.1) is 10.9 Å². The van der Waals surface area contributed by atoms with Crippen molar-refractivity contribution in [2.75, 3.05) is 0 Å². The van der Waals surface area contributed by atoms with Gasteiger partial charge in [-0.1, -0.05) is 23.2 Å². The minimum Gasteiger partial charge on any atom is -0.461 e. The number of rotatable bonds is 2. The molecule has 0 aliphatic heterocycles. The summed E-state index contributed by atoms with van der Waals surface area (Å²) in [6, 6.07) is 4.52. The Morgan fingerprint density at radius 1 is 1.19 bits per heavy atom. The summed E-state index contributed by atoms with van der Waals surface area (Å²) >= 11 is 10.9. The van der Waals surface area contributed by atoms with Crippen LogP contribution < -0.4 is 16.0 Å². The fraction of sp³-hybridized carbons (Fsp3) is 0.111. The van der Waals surface area contributed by atoms with Crippen molar-refractivity contribution in [2.24, 2.45) is 0 Å². The second kappa shape index (κ2) is 4.19. The first-order valence-corrected chi connectivity index (χ1v) is 5.15. The number of fused-ring (bicyclic) bond motifs is 1. The lowest BCUT2D eigenvalue weighted by Gasteiger charge is -2.06. The van der Waals surface area contributed by atoms with Crippen LogP contribution in [0, 0.1) is 0 Å². The van der Waals surface area contributed by atoms with E-state index in [0.29, 0.717) is 16.7 Å². The quantitative estimate of drug-likeness (QED) is 0.801. The standard InChI is InChI=1S/C9H6Cl2N2O3/c10-8(11)16-4-1-2-5-6(3-4)12-9(15)13-7(5)14/h1-3,8H,(H2,12,13,14,15). The Balaban J connectivity index is 2.62. The molecule has 0 spiro atoms. The molecular weight excluding hydrogens is 255 g/mol. The van der Waals surface area contributed by atoms with Crippen molar-refractivity contribution < 1.29 is 4.74 Å². The Labute approximate surface area is 99.0 Å². The second-order valence-electron chi connectivity index (χ2n) is 2.99. The van der Waals surface area contributed by atoms with Crippen molar-refractivity contribution in [2.45, 2.75) is 5.02 Å². The molecule has 2 N–H and O–H groups in total. The maximum atomic E-state index is 11.4. The van der Waals surface area contributed by atoms with Gasteiger partial charge in [0.15, 0.2) is 0 Å². The van der Waals surface area contributed by atoms with E-state index in [0.717, 1.165) is 0 Å². The van der Waals surface area contributed by atoms with E-state index in [1.54, 1.807) is 0 Å². The number of benzene rings is 1. The highest BCUT2D eigenvalue weighted by Gasteiger charge is 2.05. The fourth-order valence-electron chi connectivity index (χ4n) is 1.32. The van der Waals surface area contributed by atoms with Gasteiger partial charge < -0.3 is 9.72 Å². The largest absolute Gasteiger partial charge is 0.461 e. The van der Waals surface area contributed by atoms with Gasteiger partial charge in [0.2, 0.25) is 5.02 Å². The SMILES string of the molecule is O=c1[nH]c(=O)c2ccc(OC(Cl)Cl)cc2[nH]1. The normalized spacial score (nSPS) is 10.9. The summed E-state index contributed by atoms with van der Waals surface area (Å²) in [6.45, 7) is 0. The Hall–Kier alpha value is -1.46. The van der Waals surface area contributed by atoms with E-state index in [1.807, 2.05) is 0 Å². The predicted molar refractivity (Wildman–Crippen MR) is 61.3 cm³/mol. The number of nitrogens with one attached hydrogen (secondary N) is 2. The minimum absolute atomic E-state index is 0.354. The molecular formula is C9H6Cl2N2O3. The van der Waals surface area contributed by atoms with Crippen LogP contribution >= 0.6 is 23.2 Å². The molecule has 0 atom stereocenters. The Morgan fingerprint density at radius 3 is 2.62 bits per heavy atom. The van der Waals surface area contributed by atoms with Crippen LogP contribution in [0.3, 0.4) is 0 Å². The van der Waals surface area contributed by atoms with E-state index < -0.39 is 16.3 Å². The van der Waals surface area contributed by atoms with Gasteiger partial charge in [0.25, 0.3) is 5.56 Å². The molecule has 2 aromatic rings. The van der Waals surface area contributed by atoms with E-state index in [-0.39, 0.29) is 0 Å². The predicted octanol–water partition coefficient (Wildman–Crippen LogP) is 1.36. The number of halogens is 2. The zero-order chi connectivity index (χ0) is 11.7. The molecule has 1 heterocycles. The number of ether oxygens (including phenoxy) is 1. The van der Waals surface area contributed by atoms with Crippen LogP contribution in [0.1, 0.15) is 0 Å². The summed E-state index contributed by atoms with van der Waals surface area (Å²) in [5.74, 6) is 0.365. The number of alkyl halides is 2. The second-order valence-corrected chi connectivity index (χ2v) is 4.01. The first kappa shape index (κ1) is 11.0. The first-order chi connectivity index (χ1) is 7.56. The molecule has 0 bridgehead atoms. The van der Waals surface area contributed by atoms with Crippen LogP contribution in [0.15, 0.2) is 27.8 Å². The van der Waals surface area contributed by atoms with E-state index in [1.165, 1.54) is 18.2 Å². The van der Waals surface area contributed by atoms with Crippen molar-refractivity contribution in [3.63, 3.8) is 0 Å². The molecule has 1 aromatic heterocycles. The van der Waals surface area contributed by atoms with Crippen molar-refractivity contribution in [3.8, 4) is 5.75 Å². The molecule has 1 aromatic carbocycles. The highest BCUT2D eigenvalue weighted by atomic mass is 35.5. The molecule has 84 valence electrons. The summed E-state index contributed by atoms with van der Waals surface area (Å²) in [5.41, 5.74) is -0.679. The average molecular weight is 261 g/mol. The van der Waals surface area contributed by atoms with E-state index >= 15 is 0 Å². The smallest absolute Gasteiger partial charge is 0.326 e. The minimum atomic E-state index is -1.01. The fourth-order valence-corrected chi connectivity index (χ4v) is 1.53. The topological polar surface area (TPSA) is 74.9 Å². The number of aromatic amines is 2. The lowest BCUT2D eigenvalue weighted by atomic mass is 10.2. The Morgan fingerprint density at radius 2 is 1.94 bits per heavy atom. The summed E-state index contributed by atoms with van der Waals surface area (Å²) in [4.78, 5) is 27.0. The number of hydrogen-bond donors (Lipinski definition) is 2. The highest BCUT2D eigenvalue weighted by molar-refractivity contribution is 6.43. The molecule has 0 saturated carbocycles. The van der Waals surface area contributed by atoms with Gasteiger partial charge in [-0.05, 0) is 12.1 Å². The molecule has 16 heavy (non-hydrogen) atoms. The van der Waals surface area contributed by atoms with Gasteiger partial charge in [-0.25, -0.2) is 4.79 Å². The third-order valence-electron chi connectivity index (χ3n) is 1.94. The van der Waals surface area contributed by atoms with Crippen LogP contribution in [0.4, 0.5) is 0 Å². The molecule has 7 heteroatoms. The van der Waals surface area contributed by atoms with Crippen molar-refractivity contribution in [1.29, 1.82) is 0 Å². The van der Waals surface area contributed by atoms with Crippen molar-refractivity contribution >= 4 is 34.1 Å². The van der Waals surface area contributed by atoms with E-state index in [9.17, 15) is 9.59 Å². The zero-order valence-electron chi connectivity index (χ0n) is 7.79. The summed E-state index contributed by atoms with van der Waals surface area (Å²) in [7, 11) is 0. The monoisotopic (exact) mass is 260 g/mol. The molecule has 0 aliphatic rings. The molecule has 0 aliphatic carbocycles. The Bertz CT molecular complexity index is 632. The van der Waals surface area contributed by atoms with Gasteiger partial charge in [-0.3, -0.25) is 9.78 Å². The third kappa shape index (κ3) is 2.20.